The molecule has 0 aromatic heterocycles. The van der Waals surface area contributed by atoms with Crippen molar-refractivity contribution < 1.29 is 23.5 Å². The molecule has 4 rings (SSSR count). The summed E-state index contributed by atoms with van der Waals surface area (Å²) in [5.41, 5.74) is 4.09. The molecule has 1 saturated heterocycles. The molecule has 8 heteroatoms. The van der Waals surface area contributed by atoms with Crippen LogP contribution in [0.25, 0.3) is 0 Å². The maximum Gasteiger partial charge on any atom is 0.253 e. The third kappa shape index (κ3) is 8.94. The highest BCUT2D eigenvalue weighted by atomic mass is 19.1. The fourth-order valence-corrected chi connectivity index (χ4v) is 5.48. The molecule has 2 atom stereocenters. The van der Waals surface area contributed by atoms with Crippen molar-refractivity contribution in [2.45, 2.75) is 71.1 Å². The third-order valence-corrected chi connectivity index (χ3v) is 7.72. The number of aliphatic hydroxyl groups is 1. The number of rotatable bonds is 11. The van der Waals surface area contributed by atoms with Crippen molar-refractivity contribution in [1.29, 1.82) is 0 Å². The molecule has 1 fully saturated rings. The molecule has 0 spiro atoms. The van der Waals surface area contributed by atoms with E-state index in [9.17, 15) is 23.5 Å². The van der Waals surface area contributed by atoms with Gasteiger partial charge in [-0.2, -0.15) is 0 Å². The lowest BCUT2D eigenvalue weighted by molar-refractivity contribution is 0.0761. The van der Waals surface area contributed by atoms with E-state index in [-0.39, 0.29) is 18.9 Å². The summed E-state index contributed by atoms with van der Waals surface area (Å²) >= 11 is 0. The third-order valence-electron chi connectivity index (χ3n) is 7.72. The van der Waals surface area contributed by atoms with Crippen LogP contribution in [0.1, 0.15) is 75.6 Å². The van der Waals surface area contributed by atoms with Crippen LogP contribution in [0.2, 0.25) is 0 Å². The van der Waals surface area contributed by atoms with Crippen LogP contribution >= 0.6 is 0 Å². The number of carbonyl (C=O) groups is 2. The number of carbonyl (C=O) groups excluding carboxylic acids is 2. The van der Waals surface area contributed by atoms with Crippen molar-refractivity contribution in [2.24, 2.45) is 0 Å². The molecule has 1 aliphatic heterocycles. The van der Waals surface area contributed by atoms with Gasteiger partial charge in [0.2, 0.25) is 0 Å². The first-order valence-corrected chi connectivity index (χ1v) is 14.8. The Kier molecular flexibility index (Phi) is 11.2. The lowest BCUT2D eigenvalue weighted by atomic mass is 9.99. The zero-order chi connectivity index (χ0) is 30.1. The maximum absolute atomic E-state index is 14.0. The highest BCUT2D eigenvalue weighted by molar-refractivity contribution is 6.00. The number of nitrogens with zero attached hydrogens (tertiary/aromatic N) is 1. The van der Waals surface area contributed by atoms with E-state index in [1.807, 2.05) is 24.0 Å². The van der Waals surface area contributed by atoms with Crippen LogP contribution in [0.3, 0.4) is 0 Å². The van der Waals surface area contributed by atoms with Gasteiger partial charge in [-0.1, -0.05) is 44.0 Å². The smallest absolute Gasteiger partial charge is 0.253 e. The van der Waals surface area contributed by atoms with E-state index in [1.54, 1.807) is 18.2 Å². The first kappa shape index (κ1) is 31.3. The minimum atomic E-state index is -1.06. The molecule has 0 radical (unpaired) electrons. The average molecular weight is 578 g/mol. The predicted octanol–water partition coefficient (Wildman–Crippen LogP) is 5.34. The first-order chi connectivity index (χ1) is 20.2. The number of benzene rings is 3. The highest BCUT2D eigenvalue weighted by Gasteiger charge is 2.25. The summed E-state index contributed by atoms with van der Waals surface area (Å²) in [6, 6.07) is 15.5. The highest BCUT2D eigenvalue weighted by Crippen LogP contribution is 2.18. The average Bonchev–Trinajstić information content (AvgIpc) is 3.25. The lowest BCUT2D eigenvalue weighted by Gasteiger charge is -2.25. The molecule has 3 aromatic rings. The second-order valence-corrected chi connectivity index (χ2v) is 11.2. The van der Waals surface area contributed by atoms with E-state index < -0.39 is 29.7 Å². The molecule has 6 nitrogen and oxygen atoms in total. The number of halogens is 2. The van der Waals surface area contributed by atoms with Crippen molar-refractivity contribution in [2.75, 3.05) is 19.6 Å². The van der Waals surface area contributed by atoms with Gasteiger partial charge in [0.15, 0.2) is 0 Å². The summed E-state index contributed by atoms with van der Waals surface area (Å²) in [6.07, 6.45) is 4.00. The van der Waals surface area contributed by atoms with Gasteiger partial charge in [0.25, 0.3) is 11.8 Å². The molecule has 0 saturated carbocycles. The van der Waals surface area contributed by atoms with Crippen LogP contribution in [0.4, 0.5) is 8.78 Å². The van der Waals surface area contributed by atoms with E-state index in [4.69, 9.17) is 0 Å². The van der Waals surface area contributed by atoms with Crippen LogP contribution in [0, 0.1) is 18.6 Å². The first-order valence-electron chi connectivity index (χ1n) is 14.8. The SMILES string of the molecule is CCc1cccc(CNC[C@H](O)[C@H](Cc2cc(F)cc(F)c2)NC(=O)c2cc(C)cc(C(=O)N3CCCCCC3)c2)c1. The minimum absolute atomic E-state index is 0.0139. The lowest BCUT2D eigenvalue weighted by Crippen LogP contribution is -2.48. The number of likely N-dealkylation sites (tertiary alicyclic amines) is 1. The topological polar surface area (TPSA) is 81.7 Å². The summed E-state index contributed by atoms with van der Waals surface area (Å²) in [4.78, 5) is 28.6. The van der Waals surface area contributed by atoms with Crippen LogP contribution in [-0.4, -0.2) is 53.6 Å². The standard InChI is InChI=1S/C34H41F2N3O3/c1-3-24-9-8-10-25(15-24)21-37-22-32(40)31(18-26-16-29(35)20-30(36)17-26)38-33(41)27-13-23(2)14-28(19-27)34(42)39-11-6-4-5-7-12-39/h8-10,13-17,19-20,31-32,37,40H,3-7,11-12,18,21-22H2,1-2H3,(H,38,41)/t31-,32-/m0/s1. The monoisotopic (exact) mass is 577 g/mol. The number of aliphatic hydroxyl groups excluding tert-OH is 1. The molecule has 0 bridgehead atoms. The van der Waals surface area contributed by atoms with E-state index in [0.717, 1.165) is 49.3 Å². The molecule has 1 heterocycles. The Hall–Kier alpha value is -3.62. The number of amides is 2. The van der Waals surface area contributed by atoms with Crippen molar-refractivity contribution in [3.63, 3.8) is 0 Å². The molecule has 42 heavy (non-hydrogen) atoms. The summed E-state index contributed by atoms with van der Waals surface area (Å²) in [5.74, 6) is -2.03. The predicted molar refractivity (Wildman–Crippen MR) is 160 cm³/mol. The normalized spacial score (nSPS) is 15.1. The van der Waals surface area contributed by atoms with Gasteiger partial charge < -0.3 is 20.6 Å². The van der Waals surface area contributed by atoms with Crippen molar-refractivity contribution in [1.82, 2.24) is 15.5 Å². The summed E-state index contributed by atoms with van der Waals surface area (Å²) < 4.78 is 27.9. The fourth-order valence-electron chi connectivity index (χ4n) is 5.48. The Morgan fingerprint density at radius 1 is 0.881 bits per heavy atom. The molecular weight excluding hydrogens is 536 g/mol. The minimum Gasteiger partial charge on any atom is -0.390 e. The Labute approximate surface area is 247 Å². The van der Waals surface area contributed by atoms with Crippen LogP contribution < -0.4 is 10.6 Å². The van der Waals surface area contributed by atoms with Crippen molar-refractivity contribution in [3.8, 4) is 0 Å². The molecule has 0 unspecified atom stereocenters. The molecule has 2 amide bonds. The Balaban J connectivity index is 1.50. The fraction of sp³-hybridized carbons (Fsp3) is 0.412. The second kappa shape index (κ2) is 15.0. The summed E-state index contributed by atoms with van der Waals surface area (Å²) in [6.45, 7) is 5.97. The number of hydrogen-bond acceptors (Lipinski definition) is 4. The zero-order valence-electron chi connectivity index (χ0n) is 24.5. The summed E-state index contributed by atoms with van der Waals surface area (Å²) in [7, 11) is 0. The van der Waals surface area contributed by atoms with Gasteiger partial charge in [-0.25, -0.2) is 8.78 Å². The molecule has 1 aliphatic rings. The second-order valence-electron chi connectivity index (χ2n) is 11.2. The van der Waals surface area contributed by atoms with Crippen LogP contribution in [0.15, 0.2) is 60.7 Å². The summed E-state index contributed by atoms with van der Waals surface area (Å²) in [5, 5.41) is 17.3. The van der Waals surface area contributed by atoms with E-state index >= 15 is 0 Å². The Morgan fingerprint density at radius 3 is 2.24 bits per heavy atom. The van der Waals surface area contributed by atoms with E-state index in [2.05, 4.69) is 29.7 Å². The van der Waals surface area contributed by atoms with Crippen LogP contribution in [-0.2, 0) is 19.4 Å². The van der Waals surface area contributed by atoms with E-state index in [0.29, 0.717) is 36.3 Å². The molecule has 224 valence electrons. The van der Waals surface area contributed by atoms with E-state index in [1.165, 1.54) is 17.7 Å². The number of hydrogen-bond donors (Lipinski definition) is 3. The molecule has 3 aromatic carbocycles. The van der Waals surface area contributed by atoms with Gasteiger partial charge in [0.05, 0.1) is 12.1 Å². The van der Waals surface area contributed by atoms with Gasteiger partial charge in [0, 0.05) is 43.4 Å². The Morgan fingerprint density at radius 2 is 1.55 bits per heavy atom. The van der Waals surface area contributed by atoms with Gasteiger partial charge in [-0.15, -0.1) is 0 Å². The zero-order valence-corrected chi connectivity index (χ0v) is 24.5. The van der Waals surface area contributed by atoms with Crippen molar-refractivity contribution >= 4 is 11.8 Å². The van der Waals surface area contributed by atoms with Gasteiger partial charge >= 0.3 is 0 Å². The largest absolute Gasteiger partial charge is 0.390 e. The van der Waals surface area contributed by atoms with Gasteiger partial charge in [-0.3, -0.25) is 9.59 Å². The maximum atomic E-state index is 14.0. The van der Waals surface area contributed by atoms with Gasteiger partial charge in [-0.05, 0) is 85.2 Å². The van der Waals surface area contributed by atoms with Crippen molar-refractivity contribution in [3.05, 3.63) is 106 Å². The number of aryl methyl sites for hydroxylation is 2. The van der Waals surface area contributed by atoms with Crippen LogP contribution in [0.5, 0.6) is 0 Å². The number of nitrogens with one attached hydrogen (secondary N) is 2. The van der Waals surface area contributed by atoms with Gasteiger partial charge in [0.1, 0.15) is 11.6 Å². The molecular formula is C34H41F2N3O3. The molecule has 3 N–H and O–H groups in total. The molecule has 0 aliphatic carbocycles. The quantitative estimate of drug-likeness (QED) is 0.287. The Bertz CT molecular complexity index is 1350.